The molecule has 0 aliphatic heterocycles. The van der Waals surface area contributed by atoms with Gasteiger partial charge in [-0.1, -0.05) is 6.58 Å². The highest BCUT2D eigenvalue weighted by atomic mass is 79.9. The molecule has 0 atom stereocenters. The zero-order valence-corrected chi connectivity index (χ0v) is 23.5. The van der Waals surface area contributed by atoms with Gasteiger partial charge >= 0.3 is 0 Å². The van der Waals surface area contributed by atoms with Crippen LogP contribution in [0.1, 0.15) is 48.2 Å². The Balaban J connectivity index is 1.90. The summed E-state index contributed by atoms with van der Waals surface area (Å²) in [5.41, 5.74) is 6.32. The number of hydrogen-bond acceptors (Lipinski definition) is 6. The van der Waals surface area contributed by atoms with Gasteiger partial charge in [-0.2, -0.15) is 0 Å². The van der Waals surface area contributed by atoms with E-state index in [0.29, 0.717) is 12.1 Å². The van der Waals surface area contributed by atoms with Crippen LogP contribution in [0, 0.1) is 5.41 Å². The number of rotatable bonds is 12. The van der Waals surface area contributed by atoms with Crippen LogP contribution in [0.5, 0.6) is 0 Å². The van der Waals surface area contributed by atoms with Gasteiger partial charge < -0.3 is 40.7 Å². The van der Waals surface area contributed by atoms with Crippen molar-refractivity contribution in [3.05, 3.63) is 64.4 Å². The van der Waals surface area contributed by atoms with Gasteiger partial charge in [0, 0.05) is 52.7 Å². The molecule has 3 heterocycles. The maximum atomic E-state index is 13.4. The zero-order valence-electron chi connectivity index (χ0n) is 21.9. The van der Waals surface area contributed by atoms with E-state index in [-0.39, 0.29) is 57.3 Å². The summed E-state index contributed by atoms with van der Waals surface area (Å²) in [6, 6.07) is 2.91. The van der Waals surface area contributed by atoms with Crippen molar-refractivity contribution in [1.82, 2.24) is 19.0 Å². The van der Waals surface area contributed by atoms with Crippen LogP contribution in [-0.4, -0.2) is 56.0 Å². The van der Waals surface area contributed by atoms with Gasteiger partial charge in [0.15, 0.2) is 0 Å². The molecule has 15 heteroatoms. The molecule has 7 N–H and O–H groups in total. The molecule has 0 saturated heterocycles. The first-order valence-corrected chi connectivity index (χ1v) is 12.5. The smallest absolute Gasteiger partial charge is 0.273 e. The van der Waals surface area contributed by atoms with E-state index in [4.69, 9.17) is 11.1 Å². The van der Waals surface area contributed by atoms with Crippen molar-refractivity contribution in [3.8, 4) is 0 Å². The Morgan fingerprint density at radius 3 is 2.15 bits per heavy atom. The fourth-order valence-corrected chi connectivity index (χ4v) is 4.13. The summed E-state index contributed by atoms with van der Waals surface area (Å²) in [6.07, 6.45) is 5.16. The van der Waals surface area contributed by atoms with Gasteiger partial charge in [-0.15, -0.1) is 0 Å². The van der Waals surface area contributed by atoms with E-state index < -0.39 is 23.5 Å². The van der Waals surface area contributed by atoms with Gasteiger partial charge in [-0.3, -0.25) is 29.4 Å². The average Bonchev–Trinajstić information content (AvgIpc) is 3.52. The Labute approximate surface area is 237 Å². The first-order valence-electron chi connectivity index (χ1n) is 11.7. The molecule has 210 valence electrons. The number of amidine groups is 1. The van der Waals surface area contributed by atoms with Crippen molar-refractivity contribution in [2.45, 2.75) is 6.42 Å². The monoisotopic (exact) mass is 613 g/mol. The van der Waals surface area contributed by atoms with Crippen molar-refractivity contribution < 1.29 is 24.0 Å². The highest BCUT2D eigenvalue weighted by Crippen LogP contribution is 2.28. The molecule has 3 aromatic rings. The van der Waals surface area contributed by atoms with E-state index in [0.717, 1.165) is 0 Å². The molecule has 0 spiro atoms. The molecule has 3 rings (SSSR count). The van der Waals surface area contributed by atoms with Crippen LogP contribution in [0.25, 0.3) is 0 Å². The number of nitrogens with one attached hydrogen (secondary N) is 5. The summed E-state index contributed by atoms with van der Waals surface area (Å²) in [7, 11) is 4.76. The summed E-state index contributed by atoms with van der Waals surface area (Å²) in [4.78, 5) is 62.8. The maximum Gasteiger partial charge on any atom is 0.273 e. The van der Waals surface area contributed by atoms with Gasteiger partial charge in [-0.05, 0) is 28.1 Å². The third-order valence-corrected chi connectivity index (χ3v) is 6.12. The molecular weight excluding hydrogens is 586 g/mol. The Morgan fingerprint density at radius 2 is 1.55 bits per heavy atom. The van der Waals surface area contributed by atoms with E-state index in [1.54, 1.807) is 14.1 Å². The number of Topliss-reactive ketones (excluding diaryl/α,β-unsaturated/α-hetero) is 1. The molecule has 40 heavy (non-hydrogen) atoms. The predicted molar refractivity (Wildman–Crippen MR) is 153 cm³/mol. The molecular formula is C25H28BrN9O5. The Hall–Kier alpha value is -4.92. The fraction of sp³-hybridized carbons (Fsp3) is 0.200. The molecule has 0 saturated carbocycles. The first-order chi connectivity index (χ1) is 18.8. The quantitative estimate of drug-likeness (QED) is 0.0592. The van der Waals surface area contributed by atoms with Crippen LogP contribution >= 0.6 is 15.9 Å². The summed E-state index contributed by atoms with van der Waals surface area (Å²) in [5.74, 6) is -2.37. The second kappa shape index (κ2) is 12.3. The number of nitrogens with two attached hydrogens (primary N) is 1. The average molecular weight is 614 g/mol. The summed E-state index contributed by atoms with van der Waals surface area (Å²) >= 11 is 3.06. The number of aryl methyl sites for hydroxylation is 3. The molecule has 0 bridgehead atoms. The fourth-order valence-electron chi connectivity index (χ4n) is 3.93. The second-order valence-electron chi connectivity index (χ2n) is 8.76. The Kier molecular flexibility index (Phi) is 9.11. The van der Waals surface area contributed by atoms with Crippen molar-refractivity contribution >= 4 is 68.7 Å². The standard InChI is InChI=1S/C25H28BrN9O5/c1-13(26)22(37)20-16(32-24(39)18-7-14(30-12-36)9-33(18)2)11-35(4)21(20)25(40)31-15-8-17(34(3)10-15)23(38)29-6-5-19(27)28/h7-12H,1,5-6H2,2-4H3,(H3,27,28)(H,29,38)(H,30,36)(H,31,40)(H,32,39). The second-order valence-corrected chi connectivity index (χ2v) is 9.72. The SMILES string of the molecule is C=C(Br)C(=O)c1c(NC(=O)c2cc(NC=O)cn2C)cn(C)c1C(=O)Nc1cc(C(=O)NCCC(=N)N)n(C)c1. The van der Waals surface area contributed by atoms with E-state index in [2.05, 4.69) is 43.8 Å². The van der Waals surface area contributed by atoms with Gasteiger partial charge in [0.1, 0.15) is 17.1 Å². The van der Waals surface area contributed by atoms with Gasteiger partial charge in [-0.25, -0.2) is 0 Å². The number of aromatic nitrogens is 3. The summed E-state index contributed by atoms with van der Waals surface area (Å²) in [6.45, 7) is 3.79. The lowest BCUT2D eigenvalue weighted by Crippen LogP contribution is -2.28. The molecule has 0 unspecified atom stereocenters. The minimum Gasteiger partial charge on any atom is -0.388 e. The van der Waals surface area contributed by atoms with Crippen LogP contribution in [0.3, 0.4) is 0 Å². The lowest BCUT2D eigenvalue weighted by molar-refractivity contribution is -0.105. The van der Waals surface area contributed by atoms with Crippen LogP contribution in [0.2, 0.25) is 0 Å². The lowest BCUT2D eigenvalue weighted by Gasteiger charge is -2.09. The van der Waals surface area contributed by atoms with Crippen molar-refractivity contribution in [2.75, 3.05) is 22.5 Å². The van der Waals surface area contributed by atoms with E-state index in [9.17, 15) is 24.0 Å². The molecule has 3 aromatic heterocycles. The number of carbonyl (C=O) groups is 5. The minimum atomic E-state index is -0.675. The van der Waals surface area contributed by atoms with E-state index >= 15 is 0 Å². The first kappa shape index (κ1) is 29.6. The number of allylic oxidation sites excluding steroid dienone is 1. The van der Waals surface area contributed by atoms with Crippen LogP contribution < -0.4 is 27.0 Å². The normalized spacial score (nSPS) is 10.5. The number of carbonyl (C=O) groups excluding carboxylic acids is 5. The van der Waals surface area contributed by atoms with Gasteiger partial charge in [0.05, 0.1) is 32.9 Å². The molecule has 0 aromatic carbocycles. The van der Waals surface area contributed by atoms with Crippen molar-refractivity contribution in [1.29, 1.82) is 5.41 Å². The summed E-state index contributed by atoms with van der Waals surface area (Å²) < 4.78 is 4.35. The Bertz CT molecular complexity index is 1550. The van der Waals surface area contributed by atoms with Gasteiger partial charge in [0.25, 0.3) is 17.7 Å². The molecule has 0 aliphatic carbocycles. The number of anilines is 3. The number of nitrogens with zero attached hydrogens (tertiary/aromatic N) is 3. The molecule has 0 fully saturated rings. The van der Waals surface area contributed by atoms with E-state index in [1.807, 2.05) is 0 Å². The third-order valence-electron chi connectivity index (χ3n) is 5.76. The van der Waals surface area contributed by atoms with Crippen LogP contribution in [0.15, 0.2) is 41.8 Å². The summed E-state index contributed by atoms with van der Waals surface area (Å²) in [5, 5.41) is 17.7. The Morgan fingerprint density at radius 1 is 0.950 bits per heavy atom. The molecule has 4 amide bonds. The van der Waals surface area contributed by atoms with Crippen molar-refractivity contribution in [3.63, 3.8) is 0 Å². The van der Waals surface area contributed by atoms with Crippen LogP contribution in [-0.2, 0) is 25.9 Å². The third kappa shape index (κ3) is 6.55. The van der Waals surface area contributed by atoms with Crippen molar-refractivity contribution in [2.24, 2.45) is 26.9 Å². The van der Waals surface area contributed by atoms with Crippen LogP contribution in [0.4, 0.5) is 17.1 Å². The predicted octanol–water partition coefficient (Wildman–Crippen LogP) is 1.92. The molecule has 0 aliphatic rings. The highest BCUT2D eigenvalue weighted by molar-refractivity contribution is 9.12. The highest BCUT2D eigenvalue weighted by Gasteiger charge is 2.28. The number of hydrogen-bond donors (Lipinski definition) is 6. The number of amides is 4. The number of halogens is 1. The molecule has 0 radical (unpaired) electrons. The lowest BCUT2D eigenvalue weighted by atomic mass is 10.1. The largest absolute Gasteiger partial charge is 0.388 e. The molecule has 14 nitrogen and oxygen atoms in total. The van der Waals surface area contributed by atoms with E-state index in [1.165, 1.54) is 51.5 Å². The topological polar surface area (TPSA) is 198 Å². The van der Waals surface area contributed by atoms with Gasteiger partial charge in [0.2, 0.25) is 12.2 Å². The zero-order chi connectivity index (χ0) is 29.7. The number of ketones is 1. The maximum absolute atomic E-state index is 13.4. The minimum absolute atomic E-state index is 0.0381.